The largest absolute Gasteiger partial charge is 0.478 e. The van der Waals surface area contributed by atoms with E-state index in [0.29, 0.717) is 50.1 Å². The zero-order valence-corrected chi connectivity index (χ0v) is 26.0. The molecule has 248 valence electrons. The average molecular weight is 651 g/mol. The number of amides is 1. The molecule has 2 aliphatic carbocycles. The lowest BCUT2D eigenvalue weighted by Gasteiger charge is -2.39. The number of carbonyl (C=O) groups is 2. The fourth-order valence-electron chi connectivity index (χ4n) is 6.80. The lowest BCUT2D eigenvalue weighted by atomic mass is 9.81. The van der Waals surface area contributed by atoms with E-state index in [9.17, 15) is 33.0 Å². The van der Waals surface area contributed by atoms with Gasteiger partial charge in [0.15, 0.2) is 0 Å². The molecule has 2 aliphatic rings. The van der Waals surface area contributed by atoms with Crippen molar-refractivity contribution in [2.45, 2.75) is 83.2 Å². The smallest absolute Gasteiger partial charge is 0.421 e. The molecular formula is C35H37F3N4O5. The number of aromatic carboxylic acids is 1. The maximum Gasteiger partial charge on any atom is 0.421 e. The Bertz CT molecular complexity index is 1760. The zero-order valence-electron chi connectivity index (χ0n) is 26.0. The lowest BCUT2D eigenvalue weighted by molar-refractivity contribution is -0.139. The van der Waals surface area contributed by atoms with E-state index >= 15 is 0 Å². The van der Waals surface area contributed by atoms with E-state index < -0.39 is 29.7 Å². The predicted octanol–water partition coefficient (Wildman–Crippen LogP) is 7.45. The number of aliphatic hydroxyl groups is 1. The van der Waals surface area contributed by atoms with Crippen molar-refractivity contribution in [2.24, 2.45) is 11.8 Å². The van der Waals surface area contributed by atoms with Crippen LogP contribution in [0.25, 0.3) is 11.0 Å². The average Bonchev–Trinajstić information content (AvgIpc) is 3.45. The number of carbonyl (C=O) groups excluding carboxylic acids is 1. The van der Waals surface area contributed by atoms with Crippen LogP contribution in [0.15, 0.2) is 61.1 Å². The number of carboxylic acid groups (broad SMARTS) is 1. The normalized spacial score (nSPS) is 21.8. The number of nitrogens with zero attached hydrogens (tertiary/aromatic N) is 4. The Morgan fingerprint density at radius 3 is 2.45 bits per heavy atom. The fourth-order valence-corrected chi connectivity index (χ4v) is 6.80. The van der Waals surface area contributed by atoms with Gasteiger partial charge in [-0.3, -0.25) is 4.79 Å². The summed E-state index contributed by atoms with van der Waals surface area (Å²) >= 11 is 0. The van der Waals surface area contributed by atoms with E-state index in [-0.39, 0.29) is 47.0 Å². The van der Waals surface area contributed by atoms with Crippen molar-refractivity contribution < 1.29 is 37.7 Å². The Kier molecular flexibility index (Phi) is 9.23. The third-order valence-electron chi connectivity index (χ3n) is 9.40. The van der Waals surface area contributed by atoms with Crippen LogP contribution in [-0.2, 0) is 17.5 Å². The number of benzene rings is 1. The van der Waals surface area contributed by atoms with Crippen LogP contribution in [0.3, 0.4) is 0 Å². The SMILES string of the molecule is CC1CCC(C(=O)N(c2ccc(Oc3ncc(Cn4ccc5cccnc54)cc3C(F)(F)F)cc2C(=O)O)C2CCC(O)CC2)CC1. The molecule has 3 heterocycles. The molecule has 0 spiro atoms. The van der Waals surface area contributed by atoms with Gasteiger partial charge in [-0.25, -0.2) is 14.8 Å². The molecule has 0 saturated heterocycles. The van der Waals surface area contributed by atoms with E-state index in [4.69, 9.17) is 4.74 Å². The number of hydrogen-bond acceptors (Lipinski definition) is 6. The summed E-state index contributed by atoms with van der Waals surface area (Å²) in [5, 5.41) is 21.2. The molecule has 9 nitrogen and oxygen atoms in total. The van der Waals surface area contributed by atoms with Crippen molar-refractivity contribution in [3.05, 3.63) is 77.7 Å². The minimum atomic E-state index is -4.81. The Labute approximate surface area is 270 Å². The molecule has 4 aromatic rings. The molecule has 6 rings (SSSR count). The van der Waals surface area contributed by atoms with Crippen LogP contribution >= 0.6 is 0 Å². The maximum absolute atomic E-state index is 14.3. The molecular weight excluding hydrogens is 613 g/mol. The third-order valence-corrected chi connectivity index (χ3v) is 9.40. The van der Waals surface area contributed by atoms with E-state index in [0.717, 1.165) is 30.4 Å². The van der Waals surface area contributed by atoms with E-state index in [1.54, 1.807) is 27.9 Å². The second kappa shape index (κ2) is 13.3. The lowest BCUT2D eigenvalue weighted by Crippen LogP contribution is -2.47. The molecule has 0 bridgehead atoms. The summed E-state index contributed by atoms with van der Waals surface area (Å²) in [4.78, 5) is 36.5. The number of aliphatic hydroxyl groups excluding tert-OH is 1. The molecule has 3 aromatic heterocycles. The number of ether oxygens (including phenoxy) is 1. The number of carboxylic acids is 1. The summed E-state index contributed by atoms with van der Waals surface area (Å²) in [5.74, 6) is -2.12. The monoisotopic (exact) mass is 650 g/mol. The van der Waals surface area contributed by atoms with Crippen LogP contribution in [0.1, 0.15) is 79.8 Å². The molecule has 0 aliphatic heterocycles. The highest BCUT2D eigenvalue weighted by Gasteiger charge is 2.38. The van der Waals surface area contributed by atoms with Crippen molar-refractivity contribution in [1.82, 2.24) is 14.5 Å². The van der Waals surface area contributed by atoms with Crippen molar-refractivity contribution in [1.29, 1.82) is 0 Å². The number of hydrogen-bond donors (Lipinski definition) is 2. The van der Waals surface area contributed by atoms with Gasteiger partial charge >= 0.3 is 12.1 Å². The summed E-state index contributed by atoms with van der Waals surface area (Å²) in [6, 6.07) is 10.1. The summed E-state index contributed by atoms with van der Waals surface area (Å²) in [5.41, 5.74) is -0.300. The summed E-state index contributed by atoms with van der Waals surface area (Å²) in [6.45, 7) is 2.24. The number of alkyl halides is 3. The number of aromatic nitrogens is 3. The summed E-state index contributed by atoms with van der Waals surface area (Å²) < 4.78 is 50.1. The van der Waals surface area contributed by atoms with Gasteiger partial charge in [0.25, 0.3) is 0 Å². The molecule has 12 heteroatoms. The van der Waals surface area contributed by atoms with E-state index in [1.807, 2.05) is 12.1 Å². The van der Waals surface area contributed by atoms with Gasteiger partial charge in [0.1, 0.15) is 17.0 Å². The van der Waals surface area contributed by atoms with Crippen LogP contribution in [-0.4, -0.2) is 48.8 Å². The zero-order chi connectivity index (χ0) is 33.3. The summed E-state index contributed by atoms with van der Waals surface area (Å²) in [6.07, 6.45) is 4.54. The number of halogens is 3. The minimum Gasteiger partial charge on any atom is -0.478 e. The van der Waals surface area contributed by atoms with Gasteiger partial charge < -0.3 is 24.4 Å². The highest BCUT2D eigenvalue weighted by Crippen LogP contribution is 2.40. The van der Waals surface area contributed by atoms with Crippen LogP contribution in [0, 0.1) is 11.8 Å². The number of rotatable bonds is 8. The number of pyridine rings is 2. The Morgan fingerprint density at radius 1 is 1.00 bits per heavy atom. The molecule has 1 amide bonds. The van der Waals surface area contributed by atoms with Gasteiger partial charge in [0.05, 0.1) is 23.9 Å². The standard InChI is InChI=1S/C35H37F3N4O5/c1-21-4-6-24(7-5-21)33(44)42(25-8-10-26(43)11-9-25)30-13-12-27(18-28(30)34(45)46)47-32-29(35(36,37)38)17-22(19-40-32)20-41-16-14-23-3-2-15-39-31(23)41/h2-3,12-19,21,24-26,43H,4-11,20H2,1H3,(H,45,46). The van der Waals surface area contributed by atoms with Gasteiger partial charge in [-0.05, 0) is 105 Å². The molecule has 0 radical (unpaired) electrons. The van der Waals surface area contributed by atoms with Crippen molar-refractivity contribution in [2.75, 3.05) is 4.90 Å². The fraction of sp³-hybridized carbons (Fsp3) is 0.429. The highest BCUT2D eigenvalue weighted by atomic mass is 19.4. The molecule has 2 fully saturated rings. The van der Waals surface area contributed by atoms with Gasteiger partial charge in [-0.1, -0.05) is 6.92 Å². The van der Waals surface area contributed by atoms with Crippen molar-refractivity contribution in [3.63, 3.8) is 0 Å². The highest BCUT2D eigenvalue weighted by molar-refractivity contribution is 6.03. The summed E-state index contributed by atoms with van der Waals surface area (Å²) in [7, 11) is 0. The number of anilines is 1. The van der Waals surface area contributed by atoms with Crippen molar-refractivity contribution in [3.8, 4) is 11.6 Å². The third kappa shape index (κ3) is 7.12. The van der Waals surface area contributed by atoms with Gasteiger partial charge in [0, 0.05) is 35.9 Å². The van der Waals surface area contributed by atoms with Crippen LogP contribution in [0.4, 0.5) is 18.9 Å². The first-order chi connectivity index (χ1) is 22.5. The Balaban J connectivity index is 1.31. The Morgan fingerprint density at radius 2 is 1.74 bits per heavy atom. The first kappa shape index (κ1) is 32.5. The molecule has 47 heavy (non-hydrogen) atoms. The first-order valence-electron chi connectivity index (χ1n) is 16.0. The quantitative estimate of drug-likeness (QED) is 0.203. The number of fused-ring (bicyclic) bond motifs is 1. The first-order valence-corrected chi connectivity index (χ1v) is 16.0. The molecule has 2 saturated carbocycles. The second-order valence-corrected chi connectivity index (χ2v) is 12.8. The second-order valence-electron chi connectivity index (χ2n) is 12.8. The molecule has 0 atom stereocenters. The maximum atomic E-state index is 14.3. The molecule has 1 aromatic carbocycles. The predicted molar refractivity (Wildman–Crippen MR) is 168 cm³/mol. The van der Waals surface area contributed by atoms with E-state index in [1.165, 1.54) is 18.3 Å². The van der Waals surface area contributed by atoms with Crippen LogP contribution in [0.5, 0.6) is 11.6 Å². The van der Waals surface area contributed by atoms with Crippen LogP contribution in [0.2, 0.25) is 0 Å². The van der Waals surface area contributed by atoms with Gasteiger partial charge in [0.2, 0.25) is 11.8 Å². The van der Waals surface area contributed by atoms with Crippen LogP contribution < -0.4 is 9.64 Å². The topological polar surface area (TPSA) is 118 Å². The molecule has 2 N–H and O–H groups in total. The Hall–Kier alpha value is -4.45. The van der Waals surface area contributed by atoms with Gasteiger partial charge in [-0.2, -0.15) is 13.2 Å². The van der Waals surface area contributed by atoms with E-state index in [2.05, 4.69) is 16.9 Å². The van der Waals surface area contributed by atoms with Gasteiger partial charge in [-0.15, -0.1) is 0 Å². The minimum absolute atomic E-state index is 0.0939. The van der Waals surface area contributed by atoms with Crippen molar-refractivity contribution >= 4 is 28.6 Å². The molecule has 0 unspecified atom stereocenters.